The van der Waals surface area contributed by atoms with Crippen LogP contribution in [-0.4, -0.2) is 53.4 Å². The Hall–Kier alpha value is -2.37. The average molecular weight is 355 g/mol. The normalized spacial score (nSPS) is 23.5. The SMILES string of the molecule is O=C(O)[C@@]1(Cc2ccccc2)CCN(CCOc2ccccc2)C[C@H]1O. The first-order valence-corrected chi connectivity index (χ1v) is 8.96. The van der Waals surface area contributed by atoms with Crippen LogP contribution in [0.25, 0.3) is 0 Å². The monoisotopic (exact) mass is 355 g/mol. The molecule has 3 rings (SSSR count). The summed E-state index contributed by atoms with van der Waals surface area (Å²) in [5, 5.41) is 20.5. The van der Waals surface area contributed by atoms with Crippen LogP contribution in [0.1, 0.15) is 12.0 Å². The molecule has 0 bridgehead atoms. The Balaban J connectivity index is 1.57. The second kappa shape index (κ2) is 8.34. The molecule has 138 valence electrons. The van der Waals surface area contributed by atoms with E-state index in [0.717, 1.165) is 11.3 Å². The fourth-order valence-corrected chi connectivity index (χ4v) is 3.54. The number of β-amino-alcohol motifs (C(OH)–C–C–N with tert-alkyl or cyclic N) is 1. The molecule has 1 saturated heterocycles. The lowest BCUT2D eigenvalue weighted by Crippen LogP contribution is -2.56. The summed E-state index contributed by atoms with van der Waals surface area (Å²) in [5.41, 5.74) is -0.187. The van der Waals surface area contributed by atoms with Gasteiger partial charge in [0.2, 0.25) is 0 Å². The molecule has 1 aliphatic rings. The molecule has 0 saturated carbocycles. The first-order valence-electron chi connectivity index (χ1n) is 8.96. The number of carboxylic acid groups (broad SMARTS) is 1. The maximum atomic E-state index is 12.0. The number of benzene rings is 2. The van der Waals surface area contributed by atoms with Crippen LogP contribution in [0.15, 0.2) is 60.7 Å². The summed E-state index contributed by atoms with van der Waals surface area (Å²) < 4.78 is 5.70. The highest BCUT2D eigenvalue weighted by Gasteiger charge is 2.48. The van der Waals surface area contributed by atoms with Gasteiger partial charge in [0.1, 0.15) is 17.8 Å². The Morgan fingerprint density at radius 1 is 1.12 bits per heavy atom. The van der Waals surface area contributed by atoms with Gasteiger partial charge in [-0.3, -0.25) is 9.69 Å². The number of aliphatic hydroxyl groups is 1. The molecule has 1 aliphatic heterocycles. The summed E-state index contributed by atoms with van der Waals surface area (Å²) >= 11 is 0. The zero-order chi connectivity index (χ0) is 18.4. The molecule has 2 N–H and O–H groups in total. The number of aliphatic carboxylic acids is 1. The second-order valence-electron chi connectivity index (χ2n) is 6.85. The molecule has 5 heteroatoms. The number of hydrogen-bond acceptors (Lipinski definition) is 4. The summed E-state index contributed by atoms with van der Waals surface area (Å²) in [6.45, 7) is 2.15. The Morgan fingerprint density at radius 3 is 2.38 bits per heavy atom. The van der Waals surface area contributed by atoms with Crippen LogP contribution in [0.2, 0.25) is 0 Å². The number of aliphatic hydroxyl groups excluding tert-OH is 1. The third-order valence-corrected chi connectivity index (χ3v) is 5.15. The van der Waals surface area contributed by atoms with Crippen molar-refractivity contribution >= 4 is 5.97 Å². The molecule has 2 aromatic rings. The summed E-state index contributed by atoms with van der Waals surface area (Å²) in [6, 6.07) is 19.1. The first-order chi connectivity index (χ1) is 12.6. The number of likely N-dealkylation sites (tertiary alicyclic amines) is 1. The second-order valence-corrected chi connectivity index (χ2v) is 6.85. The molecule has 1 heterocycles. The summed E-state index contributed by atoms with van der Waals surface area (Å²) in [7, 11) is 0. The zero-order valence-corrected chi connectivity index (χ0v) is 14.8. The van der Waals surface area contributed by atoms with Crippen molar-refractivity contribution in [1.29, 1.82) is 0 Å². The lowest BCUT2D eigenvalue weighted by molar-refractivity contribution is -0.162. The predicted molar refractivity (Wildman–Crippen MR) is 99.2 cm³/mol. The van der Waals surface area contributed by atoms with Gasteiger partial charge in [-0.25, -0.2) is 0 Å². The van der Waals surface area contributed by atoms with E-state index in [1.807, 2.05) is 60.7 Å². The van der Waals surface area contributed by atoms with Crippen molar-refractivity contribution in [3.63, 3.8) is 0 Å². The van der Waals surface area contributed by atoms with E-state index in [1.54, 1.807) is 0 Å². The van der Waals surface area contributed by atoms with Gasteiger partial charge in [0.15, 0.2) is 0 Å². The van der Waals surface area contributed by atoms with E-state index in [4.69, 9.17) is 4.74 Å². The van der Waals surface area contributed by atoms with Gasteiger partial charge in [-0.2, -0.15) is 0 Å². The van der Waals surface area contributed by atoms with Crippen LogP contribution >= 0.6 is 0 Å². The highest BCUT2D eigenvalue weighted by Crippen LogP contribution is 2.36. The van der Waals surface area contributed by atoms with Gasteiger partial charge in [0.25, 0.3) is 0 Å². The molecule has 1 fully saturated rings. The van der Waals surface area contributed by atoms with E-state index >= 15 is 0 Å². The predicted octanol–water partition coefficient (Wildman–Crippen LogP) is 2.45. The third-order valence-electron chi connectivity index (χ3n) is 5.15. The summed E-state index contributed by atoms with van der Waals surface area (Å²) in [4.78, 5) is 14.1. The molecule has 2 atom stereocenters. The van der Waals surface area contributed by atoms with Gasteiger partial charge in [-0.15, -0.1) is 0 Å². The van der Waals surface area contributed by atoms with Crippen LogP contribution < -0.4 is 4.74 Å². The maximum Gasteiger partial charge on any atom is 0.312 e. The van der Waals surface area contributed by atoms with Gasteiger partial charge >= 0.3 is 5.97 Å². The summed E-state index contributed by atoms with van der Waals surface area (Å²) in [6.07, 6.45) is -0.145. The molecule has 0 unspecified atom stereocenters. The van der Waals surface area contributed by atoms with Gasteiger partial charge < -0.3 is 14.9 Å². The molecule has 2 aromatic carbocycles. The van der Waals surface area contributed by atoms with Crippen LogP contribution in [0.4, 0.5) is 0 Å². The third kappa shape index (κ3) is 4.23. The van der Waals surface area contributed by atoms with Crippen LogP contribution in [0, 0.1) is 5.41 Å². The van der Waals surface area contributed by atoms with Gasteiger partial charge in [0.05, 0.1) is 6.10 Å². The molecular formula is C21H25NO4. The van der Waals surface area contributed by atoms with E-state index in [2.05, 4.69) is 4.90 Å². The van der Waals surface area contributed by atoms with Crippen molar-refractivity contribution in [3.8, 4) is 5.75 Å². The molecule has 0 amide bonds. The van der Waals surface area contributed by atoms with Gasteiger partial charge in [0, 0.05) is 13.1 Å². The smallest absolute Gasteiger partial charge is 0.312 e. The molecular weight excluding hydrogens is 330 g/mol. The van der Waals surface area contributed by atoms with E-state index in [1.165, 1.54) is 0 Å². The first kappa shape index (κ1) is 18.4. The number of carbonyl (C=O) groups is 1. The molecule has 5 nitrogen and oxygen atoms in total. The zero-order valence-electron chi connectivity index (χ0n) is 14.8. The minimum atomic E-state index is -1.13. The average Bonchev–Trinajstić information content (AvgIpc) is 2.65. The lowest BCUT2D eigenvalue weighted by atomic mass is 9.71. The van der Waals surface area contributed by atoms with Crippen LogP contribution in [0.3, 0.4) is 0 Å². The fourth-order valence-electron chi connectivity index (χ4n) is 3.54. The molecule has 0 aliphatic carbocycles. The number of ether oxygens (including phenoxy) is 1. The standard InChI is InChI=1S/C21H25NO4/c23-19-16-22(13-14-26-18-9-5-2-6-10-18)12-11-21(19,20(24)25)15-17-7-3-1-4-8-17/h1-10,19,23H,11-16H2,(H,24,25)/t19-,21-/m1/s1. The van der Waals surface area contributed by atoms with E-state index in [-0.39, 0.29) is 0 Å². The van der Waals surface area contributed by atoms with Crippen LogP contribution in [-0.2, 0) is 11.2 Å². The number of hydrogen-bond donors (Lipinski definition) is 2. The topological polar surface area (TPSA) is 70.0 Å². The van der Waals surface area contributed by atoms with Crippen molar-refractivity contribution < 1.29 is 19.7 Å². The van der Waals surface area contributed by atoms with E-state index < -0.39 is 17.5 Å². The highest BCUT2D eigenvalue weighted by atomic mass is 16.5. The van der Waals surface area contributed by atoms with E-state index in [9.17, 15) is 15.0 Å². The number of nitrogens with zero attached hydrogens (tertiary/aromatic N) is 1. The van der Waals surface area contributed by atoms with Gasteiger partial charge in [-0.05, 0) is 37.1 Å². The largest absolute Gasteiger partial charge is 0.492 e. The Labute approximate surface area is 153 Å². The van der Waals surface area contributed by atoms with Crippen molar-refractivity contribution in [2.75, 3.05) is 26.2 Å². The molecule has 26 heavy (non-hydrogen) atoms. The molecule has 0 radical (unpaired) electrons. The van der Waals surface area contributed by atoms with Crippen LogP contribution in [0.5, 0.6) is 5.75 Å². The maximum absolute atomic E-state index is 12.0. The van der Waals surface area contributed by atoms with Crippen molar-refractivity contribution in [1.82, 2.24) is 4.90 Å². The minimum Gasteiger partial charge on any atom is -0.492 e. The quantitative estimate of drug-likeness (QED) is 0.798. The number of piperidine rings is 1. The minimum absolute atomic E-state index is 0.345. The van der Waals surface area contributed by atoms with E-state index in [0.29, 0.717) is 39.1 Å². The Bertz CT molecular complexity index is 706. The van der Waals surface area contributed by atoms with Gasteiger partial charge in [-0.1, -0.05) is 48.5 Å². The number of carboxylic acids is 1. The number of rotatable bonds is 7. The van der Waals surface area contributed by atoms with Crippen molar-refractivity contribution in [2.24, 2.45) is 5.41 Å². The fraction of sp³-hybridized carbons (Fsp3) is 0.381. The molecule has 0 spiro atoms. The molecule has 0 aromatic heterocycles. The highest BCUT2D eigenvalue weighted by molar-refractivity contribution is 5.76. The van der Waals surface area contributed by atoms with Crippen molar-refractivity contribution in [2.45, 2.75) is 18.9 Å². The Morgan fingerprint density at radius 2 is 1.77 bits per heavy atom. The number of para-hydroxylation sites is 1. The van der Waals surface area contributed by atoms with Crippen molar-refractivity contribution in [3.05, 3.63) is 66.2 Å². The summed E-state index contributed by atoms with van der Waals surface area (Å²) in [5.74, 6) is -0.108. The lowest BCUT2D eigenvalue weighted by Gasteiger charge is -2.42. The Kier molecular flexibility index (Phi) is 5.91.